The summed E-state index contributed by atoms with van der Waals surface area (Å²) < 4.78 is 0. The highest BCUT2D eigenvalue weighted by molar-refractivity contribution is 6.12. The van der Waals surface area contributed by atoms with Gasteiger partial charge in [-0.25, -0.2) is 4.98 Å². The van der Waals surface area contributed by atoms with Crippen molar-refractivity contribution in [2.24, 2.45) is 0 Å². The lowest BCUT2D eigenvalue weighted by Gasteiger charge is -2.43. The van der Waals surface area contributed by atoms with E-state index in [1.165, 1.54) is 26.2 Å². The maximum Gasteiger partial charge on any atom is 0.243 e. The van der Waals surface area contributed by atoms with Crippen molar-refractivity contribution < 1.29 is 14.4 Å². The van der Waals surface area contributed by atoms with Crippen molar-refractivity contribution in [3.05, 3.63) is 53.7 Å². The third kappa shape index (κ3) is 4.26. The summed E-state index contributed by atoms with van der Waals surface area (Å²) in [4.78, 5) is 51.7. The van der Waals surface area contributed by atoms with Crippen molar-refractivity contribution in [1.29, 1.82) is 0 Å². The van der Waals surface area contributed by atoms with Crippen LogP contribution < -0.4 is 4.90 Å². The van der Waals surface area contributed by atoms with Crippen LogP contribution in [0.2, 0.25) is 0 Å². The quantitative estimate of drug-likeness (QED) is 0.587. The van der Waals surface area contributed by atoms with E-state index < -0.39 is 5.41 Å². The first-order valence-corrected chi connectivity index (χ1v) is 13.6. The van der Waals surface area contributed by atoms with E-state index in [4.69, 9.17) is 0 Å². The lowest BCUT2D eigenvalue weighted by Crippen LogP contribution is -2.56. The summed E-state index contributed by atoms with van der Waals surface area (Å²) in [5, 5.41) is 0. The number of aromatic nitrogens is 1. The highest BCUT2D eigenvalue weighted by Crippen LogP contribution is 2.50. The largest absolute Gasteiger partial charge is 0.339 e. The second kappa shape index (κ2) is 9.65. The van der Waals surface area contributed by atoms with Crippen LogP contribution in [0.15, 0.2) is 42.6 Å². The van der Waals surface area contributed by atoms with Crippen LogP contribution in [-0.4, -0.2) is 89.1 Å². The number of nitrogens with zero attached hydrogens (tertiary/aromatic N) is 5. The van der Waals surface area contributed by atoms with E-state index in [9.17, 15) is 14.4 Å². The number of Topliss-reactive ketones (excluding diaryl/α,β-unsaturated/α-hetero) is 1. The van der Waals surface area contributed by atoms with Gasteiger partial charge < -0.3 is 4.90 Å². The molecule has 0 bridgehead atoms. The fourth-order valence-electron chi connectivity index (χ4n) is 6.42. The number of hydrogen-bond donors (Lipinski definition) is 0. The van der Waals surface area contributed by atoms with Crippen LogP contribution in [0.1, 0.15) is 54.9 Å². The molecule has 3 fully saturated rings. The number of piperazine rings is 1. The summed E-state index contributed by atoms with van der Waals surface area (Å²) in [5.41, 5.74) is 1.83. The number of pyridine rings is 1. The number of benzene rings is 1. The lowest BCUT2D eigenvalue weighted by atomic mass is 9.73. The molecule has 194 valence electrons. The Morgan fingerprint density at radius 3 is 2.32 bits per heavy atom. The molecule has 1 spiro atoms. The van der Waals surface area contributed by atoms with Gasteiger partial charge >= 0.3 is 0 Å². The molecular weight excluding hydrogens is 466 g/mol. The average molecular weight is 502 g/mol. The first kappa shape index (κ1) is 24.2. The van der Waals surface area contributed by atoms with Gasteiger partial charge in [0.2, 0.25) is 11.8 Å². The van der Waals surface area contributed by atoms with Gasteiger partial charge in [0.1, 0.15) is 5.82 Å². The van der Waals surface area contributed by atoms with Gasteiger partial charge in [-0.2, -0.15) is 0 Å². The van der Waals surface area contributed by atoms with E-state index in [2.05, 4.69) is 20.9 Å². The molecular formula is C29H35N5O3. The molecule has 0 atom stereocenters. The van der Waals surface area contributed by atoms with Gasteiger partial charge in [0.05, 0.1) is 17.6 Å². The number of para-hydroxylation sites is 1. The number of rotatable bonds is 5. The van der Waals surface area contributed by atoms with E-state index in [1.807, 2.05) is 23.1 Å². The zero-order valence-corrected chi connectivity index (χ0v) is 21.6. The highest BCUT2D eigenvalue weighted by atomic mass is 16.2. The Hall–Kier alpha value is -3.10. The first-order chi connectivity index (χ1) is 18.0. The number of amides is 2. The lowest BCUT2D eigenvalue weighted by molar-refractivity contribution is -0.135. The number of carbonyl (C=O) groups is 3. The van der Waals surface area contributed by atoms with Gasteiger partial charge in [0, 0.05) is 57.1 Å². The molecule has 1 aromatic heterocycles. The van der Waals surface area contributed by atoms with Crippen LogP contribution in [0, 0.1) is 0 Å². The Labute approximate surface area is 218 Å². The monoisotopic (exact) mass is 501 g/mol. The van der Waals surface area contributed by atoms with Crippen molar-refractivity contribution in [3.63, 3.8) is 0 Å². The van der Waals surface area contributed by atoms with Crippen LogP contribution in [0.25, 0.3) is 0 Å². The summed E-state index contributed by atoms with van der Waals surface area (Å²) in [6.45, 7) is 6.97. The van der Waals surface area contributed by atoms with Crippen molar-refractivity contribution in [3.8, 4) is 0 Å². The van der Waals surface area contributed by atoms with Crippen molar-refractivity contribution in [1.82, 2.24) is 19.7 Å². The van der Waals surface area contributed by atoms with Gasteiger partial charge in [-0.15, -0.1) is 0 Å². The van der Waals surface area contributed by atoms with Gasteiger partial charge in [-0.05, 0) is 56.4 Å². The summed E-state index contributed by atoms with van der Waals surface area (Å²) in [6, 6.07) is 12.2. The molecule has 0 N–H and O–H groups in total. The zero-order chi connectivity index (χ0) is 25.6. The van der Waals surface area contributed by atoms with E-state index in [0.717, 1.165) is 43.5 Å². The van der Waals surface area contributed by atoms with Gasteiger partial charge in [0.25, 0.3) is 0 Å². The van der Waals surface area contributed by atoms with Gasteiger partial charge in [-0.1, -0.05) is 24.6 Å². The van der Waals surface area contributed by atoms with Crippen LogP contribution in [0.4, 0.5) is 11.5 Å². The number of hydrogen-bond acceptors (Lipinski definition) is 6. The topological polar surface area (TPSA) is 77.1 Å². The molecule has 8 nitrogen and oxygen atoms in total. The number of carbonyl (C=O) groups excluding carboxylic acids is 3. The molecule has 1 aliphatic carbocycles. The standard InChI is InChI=1S/C29H35N5O3/c1-21(35)22-9-10-26(30-19-22)34-25-8-3-2-7-24(25)29(28(34)37)11-13-31(14-12-29)20-27(36)33-17-15-32(16-18-33)23-5-4-6-23/h2-3,7-10,19,23H,4-6,11-18,20H2,1H3. The average Bonchev–Trinajstić information content (AvgIpc) is 3.12. The van der Waals surface area contributed by atoms with Crippen LogP contribution in [0.3, 0.4) is 0 Å². The summed E-state index contributed by atoms with van der Waals surface area (Å²) in [6.07, 6.45) is 6.85. The molecule has 1 saturated carbocycles. The number of fused-ring (bicyclic) bond motifs is 2. The van der Waals surface area contributed by atoms with Crippen molar-refractivity contribution in [2.75, 3.05) is 50.7 Å². The van der Waals surface area contributed by atoms with E-state index >= 15 is 0 Å². The predicted octanol–water partition coefficient (Wildman–Crippen LogP) is 2.99. The second-order valence-electron chi connectivity index (χ2n) is 11.0. The maximum absolute atomic E-state index is 14.0. The molecule has 2 amide bonds. The smallest absolute Gasteiger partial charge is 0.243 e. The van der Waals surface area contributed by atoms with Crippen LogP contribution in [-0.2, 0) is 15.0 Å². The molecule has 0 radical (unpaired) electrons. The van der Waals surface area contributed by atoms with E-state index in [1.54, 1.807) is 23.2 Å². The predicted molar refractivity (Wildman–Crippen MR) is 141 cm³/mol. The highest BCUT2D eigenvalue weighted by Gasteiger charge is 2.52. The number of likely N-dealkylation sites (tertiary alicyclic amines) is 1. The Kier molecular flexibility index (Phi) is 6.32. The Morgan fingerprint density at radius 2 is 1.70 bits per heavy atom. The molecule has 0 unspecified atom stereocenters. The summed E-state index contributed by atoms with van der Waals surface area (Å²) >= 11 is 0. The number of piperidine rings is 1. The summed E-state index contributed by atoms with van der Waals surface area (Å²) in [5.74, 6) is 0.734. The first-order valence-electron chi connectivity index (χ1n) is 13.6. The molecule has 37 heavy (non-hydrogen) atoms. The van der Waals surface area contributed by atoms with Gasteiger partial charge in [0.15, 0.2) is 5.78 Å². The van der Waals surface area contributed by atoms with E-state index in [0.29, 0.717) is 43.9 Å². The van der Waals surface area contributed by atoms with Crippen molar-refractivity contribution in [2.45, 2.75) is 50.5 Å². The Balaban J connectivity index is 1.12. The van der Waals surface area contributed by atoms with Crippen LogP contribution in [0.5, 0.6) is 0 Å². The number of ketones is 1. The number of anilines is 2. The zero-order valence-electron chi connectivity index (χ0n) is 21.6. The molecule has 2 aromatic rings. The molecule has 4 heterocycles. The fraction of sp³-hybridized carbons (Fsp3) is 0.517. The molecule has 8 heteroatoms. The normalized spacial score (nSPS) is 22.2. The third-order valence-electron chi connectivity index (χ3n) is 8.98. The maximum atomic E-state index is 14.0. The second-order valence-corrected chi connectivity index (χ2v) is 11.0. The molecule has 3 aliphatic heterocycles. The Bertz CT molecular complexity index is 1190. The third-order valence-corrected chi connectivity index (χ3v) is 8.98. The SMILES string of the molecule is CC(=O)c1ccc(N2C(=O)C3(CCN(CC(=O)N4CCN(C5CCC5)CC4)CC3)c3ccccc32)nc1. The van der Waals surface area contributed by atoms with E-state index in [-0.39, 0.29) is 17.6 Å². The minimum atomic E-state index is -0.606. The molecule has 6 rings (SSSR count). The van der Waals surface area contributed by atoms with Crippen molar-refractivity contribution >= 4 is 29.1 Å². The van der Waals surface area contributed by atoms with Gasteiger partial charge in [-0.3, -0.25) is 29.1 Å². The fourth-order valence-corrected chi connectivity index (χ4v) is 6.42. The minimum Gasteiger partial charge on any atom is -0.339 e. The molecule has 4 aliphatic rings. The minimum absolute atomic E-state index is 0.0369. The van der Waals surface area contributed by atoms with Crippen LogP contribution >= 0.6 is 0 Å². The summed E-state index contributed by atoms with van der Waals surface area (Å²) in [7, 11) is 0. The molecule has 2 saturated heterocycles. The molecule has 1 aromatic carbocycles. The Morgan fingerprint density at radius 1 is 0.973 bits per heavy atom.